The van der Waals surface area contributed by atoms with Crippen LogP contribution in [0.1, 0.15) is 36.4 Å². The van der Waals surface area contributed by atoms with Crippen LogP contribution in [0.5, 0.6) is 5.88 Å². The SMILES string of the molecule is Cc1cc(OCCCN2CCC(c3ccccc3)CC2)nc(-c2ccc(F)cc2)n1. The number of rotatable bonds is 7. The molecular weight excluding hydrogens is 377 g/mol. The van der Waals surface area contributed by atoms with Gasteiger partial charge in [-0.25, -0.2) is 9.37 Å². The summed E-state index contributed by atoms with van der Waals surface area (Å²) in [5, 5.41) is 0. The first-order valence-corrected chi connectivity index (χ1v) is 10.7. The summed E-state index contributed by atoms with van der Waals surface area (Å²) >= 11 is 0. The molecule has 2 heterocycles. The van der Waals surface area contributed by atoms with Crippen LogP contribution in [-0.4, -0.2) is 41.1 Å². The topological polar surface area (TPSA) is 38.2 Å². The van der Waals surface area contributed by atoms with E-state index in [9.17, 15) is 4.39 Å². The summed E-state index contributed by atoms with van der Waals surface area (Å²) in [7, 11) is 0. The van der Waals surface area contributed by atoms with Gasteiger partial charge in [0.15, 0.2) is 5.82 Å². The fourth-order valence-electron chi connectivity index (χ4n) is 4.02. The number of aromatic nitrogens is 2. The van der Waals surface area contributed by atoms with E-state index >= 15 is 0 Å². The van der Waals surface area contributed by atoms with Crippen molar-refractivity contribution in [2.24, 2.45) is 0 Å². The van der Waals surface area contributed by atoms with E-state index in [0.717, 1.165) is 37.3 Å². The Hall–Kier alpha value is -2.79. The zero-order valence-corrected chi connectivity index (χ0v) is 17.4. The minimum atomic E-state index is -0.268. The van der Waals surface area contributed by atoms with E-state index < -0.39 is 0 Å². The molecule has 0 amide bonds. The van der Waals surface area contributed by atoms with Crippen LogP contribution in [0.3, 0.4) is 0 Å². The van der Waals surface area contributed by atoms with Crippen molar-refractivity contribution in [3.8, 4) is 17.3 Å². The molecule has 0 spiro atoms. The Morgan fingerprint density at radius 2 is 1.73 bits per heavy atom. The van der Waals surface area contributed by atoms with Crippen molar-refractivity contribution in [3.05, 3.63) is 77.7 Å². The summed E-state index contributed by atoms with van der Waals surface area (Å²) in [5.74, 6) is 1.56. The van der Waals surface area contributed by atoms with Gasteiger partial charge < -0.3 is 9.64 Å². The molecule has 4 nitrogen and oxygen atoms in total. The molecule has 1 aliphatic heterocycles. The quantitative estimate of drug-likeness (QED) is 0.504. The molecule has 0 N–H and O–H groups in total. The highest BCUT2D eigenvalue weighted by molar-refractivity contribution is 5.55. The molecule has 1 saturated heterocycles. The van der Waals surface area contributed by atoms with Crippen molar-refractivity contribution in [2.45, 2.75) is 32.1 Å². The number of likely N-dealkylation sites (tertiary alicyclic amines) is 1. The Morgan fingerprint density at radius 3 is 2.47 bits per heavy atom. The standard InChI is InChI=1S/C25H28FN3O/c1-19-18-24(28-25(27-19)22-8-10-23(26)11-9-22)30-17-5-14-29-15-12-21(13-16-29)20-6-3-2-4-7-20/h2-4,6-11,18,21H,5,12-17H2,1H3. The highest BCUT2D eigenvalue weighted by atomic mass is 19.1. The number of ether oxygens (including phenoxy) is 1. The van der Waals surface area contributed by atoms with Crippen molar-refractivity contribution < 1.29 is 9.13 Å². The summed E-state index contributed by atoms with van der Waals surface area (Å²) in [6.45, 7) is 5.86. The van der Waals surface area contributed by atoms with Gasteiger partial charge in [-0.05, 0) is 75.0 Å². The van der Waals surface area contributed by atoms with Gasteiger partial charge in [-0.2, -0.15) is 4.98 Å². The Kier molecular flexibility index (Phi) is 6.70. The Labute approximate surface area is 177 Å². The van der Waals surface area contributed by atoms with Crippen molar-refractivity contribution in [2.75, 3.05) is 26.2 Å². The number of benzene rings is 2. The summed E-state index contributed by atoms with van der Waals surface area (Å²) in [6, 6.07) is 18.9. The summed E-state index contributed by atoms with van der Waals surface area (Å²) in [5.41, 5.74) is 3.09. The van der Waals surface area contributed by atoms with E-state index in [4.69, 9.17) is 4.74 Å². The van der Waals surface area contributed by atoms with Crippen LogP contribution in [0.15, 0.2) is 60.7 Å². The molecule has 0 bridgehead atoms. The van der Waals surface area contributed by atoms with Crippen LogP contribution in [-0.2, 0) is 0 Å². The molecule has 4 rings (SSSR count). The lowest BCUT2D eigenvalue weighted by molar-refractivity contribution is 0.191. The summed E-state index contributed by atoms with van der Waals surface area (Å²) in [6.07, 6.45) is 3.40. The van der Waals surface area contributed by atoms with Crippen LogP contribution in [0.2, 0.25) is 0 Å². The van der Waals surface area contributed by atoms with Gasteiger partial charge in [0.05, 0.1) is 6.61 Å². The van der Waals surface area contributed by atoms with Crippen molar-refractivity contribution in [1.29, 1.82) is 0 Å². The van der Waals surface area contributed by atoms with E-state index in [-0.39, 0.29) is 5.82 Å². The van der Waals surface area contributed by atoms with Gasteiger partial charge in [-0.1, -0.05) is 30.3 Å². The fraction of sp³-hybridized carbons (Fsp3) is 0.360. The number of nitrogens with zero attached hydrogens (tertiary/aromatic N) is 3. The number of hydrogen-bond donors (Lipinski definition) is 0. The van der Waals surface area contributed by atoms with E-state index in [1.807, 2.05) is 13.0 Å². The smallest absolute Gasteiger partial charge is 0.217 e. The zero-order valence-electron chi connectivity index (χ0n) is 17.4. The van der Waals surface area contributed by atoms with Crippen molar-refractivity contribution in [1.82, 2.24) is 14.9 Å². The predicted octanol–water partition coefficient (Wildman–Crippen LogP) is 5.24. The highest BCUT2D eigenvalue weighted by Crippen LogP contribution is 2.27. The maximum atomic E-state index is 13.2. The van der Waals surface area contributed by atoms with Gasteiger partial charge in [-0.3, -0.25) is 0 Å². The number of aryl methyl sites for hydroxylation is 1. The van der Waals surface area contributed by atoms with E-state index in [0.29, 0.717) is 24.2 Å². The zero-order chi connectivity index (χ0) is 20.8. The molecule has 5 heteroatoms. The summed E-state index contributed by atoms with van der Waals surface area (Å²) in [4.78, 5) is 11.5. The first kappa shape index (κ1) is 20.5. The largest absolute Gasteiger partial charge is 0.478 e. The second-order valence-corrected chi connectivity index (χ2v) is 7.91. The van der Waals surface area contributed by atoms with Gasteiger partial charge in [-0.15, -0.1) is 0 Å². The second-order valence-electron chi connectivity index (χ2n) is 7.91. The van der Waals surface area contributed by atoms with Crippen LogP contribution < -0.4 is 4.74 Å². The highest BCUT2D eigenvalue weighted by Gasteiger charge is 2.20. The van der Waals surface area contributed by atoms with E-state index in [2.05, 4.69) is 45.2 Å². The van der Waals surface area contributed by atoms with Gasteiger partial charge in [0.1, 0.15) is 5.82 Å². The van der Waals surface area contributed by atoms with Gasteiger partial charge in [0.25, 0.3) is 0 Å². The lowest BCUT2D eigenvalue weighted by Gasteiger charge is -2.32. The van der Waals surface area contributed by atoms with Crippen LogP contribution in [0, 0.1) is 12.7 Å². The Balaban J connectivity index is 1.24. The predicted molar refractivity (Wildman–Crippen MR) is 117 cm³/mol. The van der Waals surface area contributed by atoms with Crippen LogP contribution in [0.4, 0.5) is 4.39 Å². The molecule has 1 fully saturated rings. The average Bonchev–Trinajstić information content (AvgIpc) is 2.78. The molecule has 1 aromatic heterocycles. The molecule has 0 radical (unpaired) electrons. The third kappa shape index (κ3) is 5.42. The third-order valence-corrected chi connectivity index (χ3v) is 5.66. The average molecular weight is 406 g/mol. The minimum Gasteiger partial charge on any atom is -0.478 e. The van der Waals surface area contributed by atoms with Gasteiger partial charge >= 0.3 is 0 Å². The molecule has 30 heavy (non-hydrogen) atoms. The maximum absolute atomic E-state index is 13.2. The minimum absolute atomic E-state index is 0.268. The molecule has 1 aliphatic rings. The van der Waals surface area contributed by atoms with Crippen LogP contribution in [0.25, 0.3) is 11.4 Å². The molecule has 156 valence electrons. The molecular formula is C25H28FN3O. The number of halogens is 1. The van der Waals surface area contributed by atoms with Gasteiger partial charge in [0, 0.05) is 23.9 Å². The number of hydrogen-bond acceptors (Lipinski definition) is 4. The molecule has 2 aromatic carbocycles. The number of piperidine rings is 1. The normalized spacial score (nSPS) is 15.3. The molecule has 0 unspecified atom stereocenters. The lowest BCUT2D eigenvalue weighted by atomic mass is 9.89. The molecule has 3 aromatic rings. The monoisotopic (exact) mass is 405 g/mol. The lowest BCUT2D eigenvalue weighted by Crippen LogP contribution is -2.34. The van der Waals surface area contributed by atoms with E-state index in [1.165, 1.54) is 30.5 Å². The maximum Gasteiger partial charge on any atom is 0.217 e. The Bertz CT molecular complexity index is 938. The first-order chi connectivity index (χ1) is 14.7. The van der Waals surface area contributed by atoms with Crippen molar-refractivity contribution in [3.63, 3.8) is 0 Å². The first-order valence-electron chi connectivity index (χ1n) is 10.7. The van der Waals surface area contributed by atoms with Gasteiger partial charge in [0.2, 0.25) is 5.88 Å². The van der Waals surface area contributed by atoms with E-state index in [1.54, 1.807) is 12.1 Å². The van der Waals surface area contributed by atoms with Crippen LogP contribution >= 0.6 is 0 Å². The summed E-state index contributed by atoms with van der Waals surface area (Å²) < 4.78 is 19.1. The fourth-order valence-corrected chi connectivity index (χ4v) is 4.02. The molecule has 0 atom stereocenters. The Morgan fingerprint density at radius 1 is 1.00 bits per heavy atom. The molecule has 0 aliphatic carbocycles. The molecule has 0 saturated carbocycles. The second kappa shape index (κ2) is 9.81. The van der Waals surface area contributed by atoms with Crippen molar-refractivity contribution >= 4 is 0 Å². The third-order valence-electron chi connectivity index (χ3n) is 5.66.